The Balaban J connectivity index is 3.47. The third-order valence-corrected chi connectivity index (χ3v) is 1.09. The van der Waals surface area contributed by atoms with E-state index in [0.717, 1.165) is 0 Å². The zero-order chi connectivity index (χ0) is 9.61. The second-order valence-corrected chi connectivity index (χ2v) is 3.70. The Bertz CT molecular complexity index is 140. The molecular weight excluding hydrogens is 156 g/mol. The molecule has 0 aromatic carbocycles. The van der Waals surface area contributed by atoms with E-state index in [1.165, 1.54) is 0 Å². The summed E-state index contributed by atoms with van der Waals surface area (Å²) in [6.07, 6.45) is 0. The maximum Gasteiger partial charge on any atom is 0.234 e. The Morgan fingerprint density at radius 1 is 1.42 bits per heavy atom. The van der Waals surface area contributed by atoms with E-state index in [0.29, 0.717) is 6.54 Å². The highest BCUT2D eigenvalue weighted by molar-refractivity contribution is 5.78. The maximum absolute atomic E-state index is 11.1. The molecular formula is C8H18N2O2. The minimum Gasteiger partial charge on any atom is -0.395 e. The smallest absolute Gasteiger partial charge is 0.234 e. The Morgan fingerprint density at radius 3 is 2.42 bits per heavy atom. The summed E-state index contributed by atoms with van der Waals surface area (Å²) in [7, 11) is 0. The van der Waals surface area contributed by atoms with E-state index in [4.69, 9.17) is 5.11 Å². The zero-order valence-electron chi connectivity index (χ0n) is 7.98. The first-order valence-electron chi connectivity index (χ1n) is 4.08. The third-order valence-electron chi connectivity index (χ3n) is 1.09. The van der Waals surface area contributed by atoms with E-state index < -0.39 is 0 Å². The van der Waals surface area contributed by atoms with Gasteiger partial charge in [0.15, 0.2) is 0 Å². The van der Waals surface area contributed by atoms with E-state index in [1.54, 1.807) is 0 Å². The molecule has 0 spiro atoms. The van der Waals surface area contributed by atoms with Crippen LogP contribution in [0.4, 0.5) is 0 Å². The number of carbonyl (C=O) groups is 1. The topological polar surface area (TPSA) is 61.4 Å². The summed E-state index contributed by atoms with van der Waals surface area (Å²) in [6.45, 7) is 6.56. The van der Waals surface area contributed by atoms with Gasteiger partial charge in [-0.05, 0) is 20.8 Å². The van der Waals surface area contributed by atoms with Crippen LogP contribution in [0.5, 0.6) is 0 Å². The van der Waals surface area contributed by atoms with Crippen molar-refractivity contribution in [2.75, 3.05) is 19.7 Å². The quantitative estimate of drug-likeness (QED) is 0.503. The number of amides is 1. The second kappa shape index (κ2) is 5.11. The molecule has 0 radical (unpaired) electrons. The molecule has 0 aliphatic carbocycles. The van der Waals surface area contributed by atoms with Crippen molar-refractivity contribution in [2.45, 2.75) is 26.3 Å². The van der Waals surface area contributed by atoms with Gasteiger partial charge in [-0.1, -0.05) is 0 Å². The van der Waals surface area contributed by atoms with E-state index in [1.807, 2.05) is 20.8 Å². The lowest BCUT2D eigenvalue weighted by molar-refractivity contribution is -0.121. The Morgan fingerprint density at radius 2 is 2.00 bits per heavy atom. The Hall–Kier alpha value is -0.610. The highest BCUT2D eigenvalue weighted by Gasteiger charge is 2.12. The Labute approximate surface area is 73.3 Å². The number of carbonyl (C=O) groups excluding carboxylic acids is 1. The highest BCUT2D eigenvalue weighted by atomic mass is 16.3. The SMILES string of the molecule is CC(C)(C)NC(=O)CNCCO. The fourth-order valence-electron chi connectivity index (χ4n) is 0.743. The molecule has 0 saturated heterocycles. The number of hydrogen-bond acceptors (Lipinski definition) is 3. The monoisotopic (exact) mass is 174 g/mol. The molecule has 0 aliphatic heterocycles. The first-order valence-corrected chi connectivity index (χ1v) is 4.08. The third kappa shape index (κ3) is 7.50. The van der Waals surface area contributed by atoms with Crippen molar-refractivity contribution in [1.82, 2.24) is 10.6 Å². The van der Waals surface area contributed by atoms with E-state index in [9.17, 15) is 4.79 Å². The lowest BCUT2D eigenvalue weighted by atomic mass is 10.1. The number of nitrogens with one attached hydrogen (secondary N) is 2. The number of hydrogen-bond donors (Lipinski definition) is 3. The largest absolute Gasteiger partial charge is 0.395 e. The van der Waals surface area contributed by atoms with Gasteiger partial charge < -0.3 is 15.7 Å². The van der Waals surface area contributed by atoms with Gasteiger partial charge >= 0.3 is 0 Å². The van der Waals surface area contributed by atoms with Crippen LogP contribution in [0.1, 0.15) is 20.8 Å². The summed E-state index contributed by atoms with van der Waals surface area (Å²) in [4.78, 5) is 11.1. The molecule has 4 nitrogen and oxygen atoms in total. The van der Waals surface area contributed by atoms with E-state index in [-0.39, 0.29) is 24.6 Å². The second-order valence-electron chi connectivity index (χ2n) is 3.70. The van der Waals surface area contributed by atoms with Gasteiger partial charge in [-0.3, -0.25) is 4.79 Å². The van der Waals surface area contributed by atoms with Gasteiger partial charge in [0.25, 0.3) is 0 Å². The summed E-state index contributed by atoms with van der Waals surface area (Å²) >= 11 is 0. The van der Waals surface area contributed by atoms with Crippen LogP contribution in [0.3, 0.4) is 0 Å². The lowest BCUT2D eigenvalue weighted by Crippen LogP contribution is -2.45. The van der Waals surface area contributed by atoms with Crippen molar-refractivity contribution in [3.63, 3.8) is 0 Å². The molecule has 0 fully saturated rings. The molecule has 0 rings (SSSR count). The van der Waals surface area contributed by atoms with Gasteiger partial charge in [-0.25, -0.2) is 0 Å². The molecule has 0 aromatic heterocycles. The van der Waals surface area contributed by atoms with Gasteiger partial charge in [-0.15, -0.1) is 0 Å². The standard InChI is InChI=1S/C8H18N2O2/c1-8(2,3)10-7(12)6-9-4-5-11/h9,11H,4-6H2,1-3H3,(H,10,12). The van der Waals surface area contributed by atoms with Gasteiger partial charge in [-0.2, -0.15) is 0 Å². The minimum absolute atomic E-state index is 0.0454. The van der Waals surface area contributed by atoms with Crippen LogP contribution in [0.25, 0.3) is 0 Å². The average Bonchev–Trinajstić information content (AvgIpc) is 1.84. The molecule has 0 atom stereocenters. The first kappa shape index (κ1) is 11.4. The normalized spacial score (nSPS) is 11.3. The molecule has 0 bridgehead atoms. The van der Waals surface area contributed by atoms with Crippen molar-refractivity contribution in [1.29, 1.82) is 0 Å². The van der Waals surface area contributed by atoms with Crippen LogP contribution < -0.4 is 10.6 Å². The van der Waals surface area contributed by atoms with Crippen molar-refractivity contribution in [3.8, 4) is 0 Å². The van der Waals surface area contributed by atoms with Crippen LogP contribution in [-0.2, 0) is 4.79 Å². The van der Waals surface area contributed by atoms with Crippen LogP contribution in [0, 0.1) is 0 Å². The predicted octanol–water partition coefficient (Wildman–Crippen LogP) is -0.517. The summed E-state index contributed by atoms with van der Waals surface area (Å²) in [5.41, 5.74) is -0.183. The summed E-state index contributed by atoms with van der Waals surface area (Å²) in [5.74, 6) is -0.0454. The first-order chi connectivity index (χ1) is 5.45. The van der Waals surface area contributed by atoms with Crippen LogP contribution in [0.2, 0.25) is 0 Å². The minimum atomic E-state index is -0.183. The average molecular weight is 174 g/mol. The molecule has 12 heavy (non-hydrogen) atoms. The molecule has 72 valence electrons. The van der Waals surface area contributed by atoms with E-state index >= 15 is 0 Å². The van der Waals surface area contributed by atoms with Gasteiger partial charge in [0, 0.05) is 12.1 Å². The molecule has 0 aliphatic rings. The molecule has 0 aromatic rings. The molecule has 4 heteroatoms. The zero-order valence-corrected chi connectivity index (χ0v) is 7.98. The predicted molar refractivity (Wildman–Crippen MR) is 47.9 cm³/mol. The highest BCUT2D eigenvalue weighted by Crippen LogP contribution is 1.96. The van der Waals surface area contributed by atoms with Crippen LogP contribution >= 0.6 is 0 Å². The fourth-order valence-corrected chi connectivity index (χ4v) is 0.743. The van der Waals surface area contributed by atoms with Crippen LogP contribution in [0.15, 0.2) is 0 Å². The van der Waals surface area contributed by atoms with Gasteiger partial charge in [0.05, 0.1) is 13.2 Å². The molecule has 0 unspecified atom stereocenters. The van der Waals surface area contributed by atoms with E-state index in [2.05, 4.69) is 10.6 Å². The van der Waals surface area contributed by atoms with Crippen molar-refractivity contribution >= 4 is 5.91 Å². The van der Waals surface area contributed by atoms with Crippen molar-refractivity contribution < 1.29 is 9.90 Å². The van der Waals surface area contributed by atoms with Crippen molar-refractivity contribution in [3.05, 3.63) is 0 Å². The summed E-state index contributed by atoms with van der Waals surface area (Å²) in [5, 5.41) is 14.0. The number of aliphatic hydroxyl groups excluding tert-OH is 1. The van der Waals surface area contributed by atoms with Crippen LogP contribution in [-0.4, -0.2) is 36.2 Å². The molecule has 0 saturated carbocycles. The van der Waals surface area contributed by atoms with Gasteiger partial charge in [0.1, 0.15) is 0 Å². The molecule has 1 amide bonds. The lowest BCUT2D eigenvalue weighted by Gasteiger charge is -2.20. The molecule has 3 N–H and O–H groups in total. The van der Waals surface area contributed by atoms with Gasteiger partial charge in [0.2, 0.25) is 5.91 Å². The number of aliphatic hydroxyl groups is 1. The number of rotatable bonds is 4. The summed E-state index contributed by atoms with van der Waals surface area (Å²) in [6, 6.07) is 0. The summed E-state index contributed by atoms with van der Waals surface area (Å²) < 4.78 is 0. The molecule has 0 heterocycles. The van der Waals surface area contributed by atoms with Crippen molar-refractivity contribution in [2.24, 2.45) is 0 Å². The fraction of sp³-hybridized carbons (Fsp3) is 0.875. The Kier molecular flexibility index (Phi) is 4.85. The maximum atomic E-state index is 11.1.